The van der Waals surface area contributed by atoms with Crippen LogP contribution in [0.1, 0.15) is 46.0 Å². The van der Waals surface area contributed by atoms with E-state index in [9.17, 15) is 0 Å². The minimum Gasteiger partial charge on any atom is -0.463 e. The van der Waals surface area contributed by atoms with Crippen LogP contribution in [0.5, 0.6) is 12.0 Å². The van der Waals surface area contributed by atoms with Crippen molar-refractivity contribution < 1.29 is 9.47 Å². The lowest BCUT2D eigenvalue weighted by atomic mass is 10.2. The average molecular weight is 268 g/mol. The molecule has 1 aromatic rings. The van der Waals surface area contributed by atoms with Gasteiger partial charge in [0.2, 0.25) is 5.95 Å². The van der Waals surface area contributed by atoms with Crippen molar-refractivity contribution in [1.29, 1.82) is 0 Å². The third-order valence-corrected chi connectivity index (χ3v) is 2.48. The van der Waals surface area contributed by atoms with E-state index in [-0.39, 0.29) is 0 Å². The predicted octanol–water partition coefficient (Wildman–Crippen LogP) is 2.66. The van der Waals surface area contributed by atoms with Gasteiger partial charge < -0.3 is 14.8 Å². The summed E-state index contributed by atoms with van der Waals surface area (Å²) in [6.45, 7) is 5.43. The lowest BCUT2D eigenvalue weighted by Crippen LogP contribution is -2.08. The third kappa shape index (κ3) is 6.22. The molecule has 1 aromatic heterocycles. The topological polar surface area (TPSA) is 69.2 Å². The highest BCUT2D eigenvalue weighted by atomic mass is 16.5. The second-order valence-corrected chi connectivity index (χ2v) is 4.23. The van der Waals surface area contributed by atoms with Crippen LogP contribution in [-0.4, -0.2) is 35.2 Å². The van der Waals surface area contributed by atoms with Crippen molar-refractivity contribution in [2.75, 3.05) is 25.6 Å². The molecule has 0 spiro atoms. The maximum absolute atomic E-state index is 5.53. The molecule has 0 aromatic carbocycles. The summed E-state index contributed by atoms with van der Waals surface area (Å²) in [5, 5.41) is 2.87. The molecule has 0 amide bonds. The van der Waals surface area contributed by atoms with Crippen molar-refractivity contribution in [3.63, 3.8) is 0 Å². The van der Waals surface area contributed by atoms with E-state index in [2.05, 4.69) is 27.2 Å². The molecule has 0 aliphatic rings. The highest BCUT2D eigenvalue weighted by molar-refractivity contribution is 5.26. The molecular formula is C13H24N4O2. The minimum atomic E-state index is 0.310. The molecular weight excluding hydrogens is 244 g/mol. The fraction of sp³-hybridized carbons (Fsp3) is 0.769. The van der Waals surface area contributed by atoms with Crippen LogP contribution in [0.4, 0.5) is 5.95 Å². The summed E-state index contributed by atoms with van der Waals surface area (Å²) in [7, 11) is 1.75. The van der Waals surface area contributed by atoms with Gasteiger partial charge in [-0.2, -0.15) is 9.97 Å². The van der Waals surface area contributed by atoms with Crippen molar-refractivity contribution in [2.24, 2.45) is 0 Å². The molecule has 1 heterocycles. The SMILES string of the molecule is CCCCCCOc1nc(NC)nc(OCCC)n1. The summed E-state index contributed by atoms with van der Waals surface area (Å²) in [6.07, 6.45) is 5.53. The molecule has 0 saturated carbocycles. The number of anilines is 1. The Bertz CT molecular complexity index is 360. The van der Waals surface area contributed by atoms with Crippen molar-refractivity contribution in [3.8, 4) is 12.0 Å². The number of hydrogen-bond acceptors (Lipinski definition) is 6. The number of nitrogens with one attached hydrogen (secondary N) is 1. The van der Waals surface area contributed by atoms with Crippen LogP contribution >= 0.6 is 0 Å². The van der Waals surface area contributed by atoms with Crippen molar-refractivity contribution in [2.45, 2.75) is 46.0 Å². The fourth-order valence-corrected chi connectivity index (χ4v) is 1.46. The maximum atomic E-state index is 5.53. The minimum absolute atomic E-state index is 0.310. The first kappa shape index (κ1) is 15.5. The summed E-state index contributed by atoms with van der Waals surface area (Å²) >= 11 is 0. The van der Waals surface area contributed by atoms with Gasteiger partial charge >= 0.3 is 12.0 Å². The van der Waals surface area contributed by atoms with Crippen LogP contribution in [0.3, 0.4) is 0 Å². The van der Waals surface area contributed by atoms with Gasteiger partial charge in [0.05, 0.1) is 13.2 Å². The zero-order valence-electron chi connectivity index (χ0n) is 12.1. The molecule has 0 bridgehead atoms. The highest BCUT2D eigenvalue weighted by Crippen LogP contribution is 2.13. The van der Waals surface area contributed by atoms with Crippen LogP contribution in [0, 0.1) is 0 Å². The van der Waals surface area contributed by atoms with Gasteiger partial charge in [-0.3, -0.25) is 0 Å². The lowest BCUT2D eigenvalue weighted by molar-refractivity contribution is 0.257. The molecule has 19 heavy (non-hydrogen) atoms. The number of aromatic nitrogens is 3. The van der Waals surface area contributed by atoms with Crippen molar-refractivity contribution >= 4 is 5.95 Å². The van der Waals surface area contributed by atoms with Gasteiger partial charge in [-0.25, -0.2) is 0 Å². The van der Waals surface area contributed by atoms with Gasteiger partial charge in [0.1, 0.15) is 0 Å². The van der Waals surface area contributed by atoms with Gasteiger partial charge in [0.15, 0.2) is 0 Å². The van der Waals surface area contributed by atoms with E-state index in [1.165, 1.54) is 19.3 Å². The Balaban J connectivity index is 2.50. The summed E-state index contributed by atoms with van der Waals surface area (Å²) in [5.41, 5.74) is 0. The van der Waals surface area contributed by atoms with Gasteiger partial charge in [-0.15, -0.1) is 4.98 Å². The quantitative estimate of drug-likeness (QED) is 0.658. The molecule has 6 heteroatoms. The second-order valence-electron chi connectivity index (χ2n) is 4.23. The molecule has 6 nitrogen and oxygen atoms in total. The van der Waals surface area contributed by atoms with E-state index < -0.39 is 0 Å². The largest absolute Gasteiger partial charge is 0.463 e. The normalized spacial score (nSPS) is 10.3. The fourth-order valence-electron chi connectivity index (χ4n) is 1.46. The van der Waals surface area contributed by atoms with E-state index in [0.717, 1.165) is 12.8 Å². The van der Waals surface area contributed by atoms with E-state index in [1.807, 2.05) is 6.92 Å². The van der Waals surface area contributed by atoms with Gasteiger partial charge in [-0.1, -0.05) is 33.1 Å². The van der Waals surface area contributed by atoms with Crippen LogP contribution in [0.2, 0.25) is 0 Å². The van der Waals surface area contributed by atoms with Crippen LogP contribution in [0.15, 0.2) is 0 Å². The van der Waals surface area contributed by atoms with Gasteiger partial charge in [-0.05, 0) is 12.8 Å². The smallest absolute Gasteiger partial charge is 0.324 e. The Labute approximate surface area is 115 Å². The Morgan fingerprint density at radius 1 is 0.842 bits per heavy atom. The molecule has 1 N–H and O–H groups in total. The third-order valence-electron chi connectivity index (χ3n) is 2.48. The predicted molar refractivity (Wildman–Crippen MR) is 74.8 cm³/mol. The van der Waals surface area contributed by atoms with Crippen molar-refractivity contribution in [3.05, 3.63) is 0 Å². The number of rotatable bonds is 10. The van der Waals surface area contributed by atoms with E-state index in [4.69, 9.17) is 9.47 Å². The van der Waals surface area contributed by atoms with Crippen LogP contribution in [0.25, 0.3) is 0 Å². The Kier molecular flexibility index (Phi) is 7.62. The Morgan fingerprint density at radius 2 is 1.53 bits per heavy atom. The Morgan fingerprint density at radius 3 is 2.11 bits per heavy atom. The van der Waals surface area contributed by atoms with E-state index >= 15 is 0 Å². The number of ether oxygens (including phenoxy) is 2. The first-order valence-electron chi connectivity index (χ1n) is 6.99. The number of hydrogen-bond donors (Lipinski definition) is 1. The molecule has 0 fully saturated rings. The zero-order valence-corrected chi connectivity index (χ0v) is 12.1. The standard InChI is InChI=1S/C13H24N4O2/c1-4-6-7-8-10-19-13-16-11(14-3)15-12(17-13)18-9-5-2/h4-10H2,1-3H3,(H,14,15,16,17). The van der Waals surface area contributed by atoms with E-state index in [0.29, 0.717) is 31.2 Å². The summed E-state index contributed by atoms with van der Waals surface area (Å²) in [6, 6.07) is 0.631. The number of nitrogens with zero attached hydrogens (tertiary/aromatic N) is 3. The van der Waals surface area contributed by atoms with Gasteiger partial charge in [0.25, 0.3) is 0 Å². The monoisotopic (exact) mass is 268 g/mol. The summed E-state index contributed by atoms with van der Waals surface area (Å²) in [5.74, 6) is 0.463. The van der Waals surface area contributed by atoms with Crippen LogP contribution < -0.4 is 14.8 Å². The lowest BCUT2D eigenvalue weighted by Gasteiger charge is -2.08. The Hall–Kier alpha value is -1.59. The molecule has 0 radical (unpaired) electrons. The molecule has 0 atom stereocenters. The van der Waals surface area contributed by atoms with Gasteiger partial charge in [0, 0.05) is 7.05 Å². The molecule has 1 rings (SSSR count). The average Bonchev–Trinajstić information content (AvgIpc) is 2.44. The van der Waals surface area contributed by atoms with E-state index in [1.54, 1.807) is 7.05 Å². The summed E-state index contributed by atoms with van der Waals surface area (Å²) in [4.78, 5) is 12.4. The molecule has 0 aliphatic carbocycles. The first-order valence-corrected chi connectivity index (χ1v) is 6.99. The molecule has 0 saturated heterocycles. The molecule has 0 unspecified atom stereocenters. The zero-order chi connectivity index (χ0) is 13.9. The molecule has 0 aliphatic heterocycles. The first-order chi connectivity index (χ1) is 9.30. The van der Waals surface area contributed by atoms with Crippen LogP contribution in [-0.2, 0) is 0 Å². The number of unbranched alkanes of at least 4 members (excludes halogenated alkanes) is 3. The second kappa shape index (κ2) is 9.35. The maximum Gasteiger partial charge on any atom is 0.324 e. The van der Waals surface area contributed by atoms with Crippen molar-refractivity contribution in [1.82, 2.24) is 15.0 Å². The summed E-state index contributed by atoms with van der Waals surface area (Å²) < 4.78 is 10.9. The highest BCUT2D eigenvalue weighted by Gasteiger charge is 2.07. The molecule has 108 valence electrons.